The second-order valence-corrected chi connectivity index (χ2v) is 8.03. The standard InChI is InChI=1S/C18H23IO4/c1-17(12-19)9-10-20-23-18(14-5-3-2-4-6-14)15-8-7-13(11-15)16(18)21-22-17/h2-6,13,15-16H,7-12H2,1H3. The van der Waals surface area contributed by atoms with Crippen LogP contribution in [0.2, 0.25) is 0 Å². The lowest BCUT2D eigenvalue weighted by molar-refractivity contribution is -0.436. The average Bonchev–Trinajstić information content (AvgIpc) is 3.19. The van der Waals surface area contributed by atoms with Gasteiger partial charge in [-0.2, -0.15) is 0 Å². The predicted molar refractivity (Wildman–Crippen MR) is 93.9 cm³/mol. The second kappa shape index (κ2) is 6.26. The highest BCUT2D eigenvalue weighted by Gasteiger charge is 2.63. The fourth-order valence-corrected chi connectivity index (χ4v) is 4.88. The number of hydrogen-bond acceptors (Lipinski definition) is 4. The highest BCUT2D eigenvalue weighted by molar-refractivity contribution is 14.1. The van der Waals surface area contributed by atoms with E-state index in [-0.39, 0.29) is 11.7 Å². The Labute approximate surface area is 150 Å². The maximum Gasteiger partial charge on any atom is 0.161 e. The van der Waals surface area contributed by atoms with Crippen molar-refractivity contribution < 1.29 is 19.6 Å². The number of hydrogen-bond donors (Lipinski definition) is 0. The van der Waals surface area contributed by atoms with Crippen molar-refractivity contribution in [2.24, 2.45) is 11.8 Å². The lowest BCUT2D eigenvalue weighted by Gasteiger charge is -2.41. The van der Waals surface area contributed by atoms with Gasteiger partial charge in [-0.05, 0) is 43.6 Å². The van der Waals surface area contributed by atoms with Crippen molar-refractivity contribution in [3.05, 3.63) is 35.9 Å². The van der Waals surface area contributed by atoms with Crippen LogP contribution in [0.4, 0.5) is 0 Å². The van der Waals surface area contributed by atoms with Crippen molar-refractivity contribution in [2.75, 3.05) is 11.0 Å². The van der Waals surface area contributed by atoms with Gasteiger partial charge in [0.1, 0.15) is 11.7 Å². The molecule has 2 bridgehead atoms. The van der Waals surface area contributed by atoms with Gasteiger partial charge in [-0.3, -0.25) is 0 Å². The zero-order chi connectivity index (χ0) is 15.9. The Kier molecular flexibility index (Phi) is 4.43. The van der Waals surface area contributed by atoms with E-state index < -0.39 is 5.60 Å². The van der Waals surface area contributed by atoms with Gasteiger partial charge in [-0.15, -0.1) is 0 Å². The summed E-state index contributed by atoms with van der Waals surface area (Å²) in [7, 11) is 0. The largest absolute Gasteiger partial charge is 0.236 e. The van der Waals surface area contributed by atoms with Crippen LogP contribution in [-0.2, 0) is 25.2 Å². The third kappa shape index (κ3) is 2.65. The van der Waals surface area contributed by atoms with Gasteiger partial charge >= 0.3 is 0 Å². The number of benzene rings is 1. The van der Waals surface area contributed by atoms with E-state index in [4.69, 9.17) is 19.6 Å². The van der Waals surface area contributed by atoms with Gasteiger partial charge in [0.05, 0.1) is 6.61 Å². The fraction of sp³-hybridized carbons (Fsp3) is 0.667. The minimum atomic E-state index is -0.541. The smallest absolute Gasteiger partial charge is 0.161 e. The van der Waals surface area contributed by atoms with Gasteiger partial charge in [0.15, 0.2) is 5.60 Å². The van der Waals surface area contributed by atoms with Crippen LogP contribution in [0.5, 0.6) is 0 Å². The summed E-state index contributed by atoms with van der Waals surface area (Å²) in [4.78, 5) is 23.9. The molecule has 3 fully saturated rings. The molecule has 126 valence electrons. The SMILES string of the molecule is CC1(CI)CCOOC2(c3ccccc3)C3CCC(C3)C2OO1. The molecule has 2 aliphatic carbocycles. The van der Waals surface area contributed by atoms with E-state index in [1.807, 2.05) is 6.07 Å². The summed E-state index contributed by atoms with van der Waals surface area (Å²) in [5, 5.41) is 0. The number of halogens is 1. The van der Waals surface area contributed by atoms with Crippen LogP contribution in [0.3, 0.4) is 0 Å². The number of alkyl halides is 1. The van der Waals surface area contributed by atoms with Gasteiger partial charge in [-0.1, -0.05) is 52.9 Å². The van der Waals surface area contributed by atoms with Crippen LogP contribution in [0.1, 0.15) is 38.2 Å². The molecule has 1 aliphatic heterocycles. The monoisotopic (exact) mass is 430 g/mol. The van der Waals surface area contributed by atoms with Gasteiger partial charge in [0.25, 0.3) is 0 Å². The second-order valence-electron chi connectivity index (χ2n) is 7.27. The van der Waals surface area contributed by atoms with Gasteiger partial charge in [-0.25, -0.2) is 19.6 Å². The van der Waals surface area contributed by atoms with E-state index in [1.165, 1.54) is 6.42 Å². The Morgan fingerprint density at radius 3 is 2.78 bits per heavy atom. The molecular formula is C18H23IO4. The summed E-state index contributed by atoms with van der Waals surface area (Å²) in [5.74, 6) is 0.896. The van der Waals surface area contributed by atoms with E-state index in [2.05, 4.69) is 53.8 Å². The number of rotatable bonds is 2. The third-order valence-electron chi connectivity index (χ3n) is 5.70. The first-order valence-electron chi connectivity index (χ1n) is 8.44. The Hall–Kier alpha value is -0.210. The van der Waals surface area contributed by atoms with Crippen molar-refractivity contribution in [1.29, 1.82) is 0 Å². The summed E-state index contributed by atoms with van der Waals surface area (Å²) < 4.78 is 0.854. The van der Waals surface area contributed by atoms with E-state index in [9.17, 15) is 0 Å². The molecule has 0 aromatic heterocycles. The lowest BCUT2D eigenvalue weighted by atomic mass is 9.77. The molecule has 5 atom stereocenters. The molecule has 1 aromatic rings. The molecule has 1 saturated heterocycles. The Balaban J connectivity index is 1.72. The first-order chi connectivity index (χ1) is 11.2. The molecule has 23 heavy (non-hydrogen) atoms. The van der Waals surface area contributed by atoms with E-state index in [0.717, 1.165) is 29.3 Å². The highest BCUT2D eigenvalue weighted by Crippen LogP contribution is 2.59. The Morgan fingerprint density at radius 1 is 1.17 bits per heavy atom. The first kappa shape index (κ1) is 16.3. The molecule has 3 aliphatic rings. The van der Waals surface area contributed by atoms with Gasteiger partial charge < -0.3 is 0 Å². The topological polar surface area (TPSA) is 36.9 Å². The maximum absolute atomic E-state index is 6.12. The lowest BCUT2D eigenvalue weighted by Crippen LogP contribution is -2.48. The van der Waals surface area contributed by atoms with Crippen molar-refractivity contribution in [2.45, 2.75) is 49.9 Å². The summed E-state index contributed by atoms with van der Waals surface area (Å²) in [6.07, 6.45) is 4.10. The average molecular weight is 430 g/mol. The zero-order valence-electron chi connectivity index (χ0n) is 13.4. The van der Waals surface area contributed by atoms with E-state index in [1.54, 1.807) is 0 Å². The van der Waals surface area contributed by atoms with Gasteiger partial charge in [0, 0.05) is 10.8 Å². The predicted octanol–water partition coefficient (Wildman–Crippen LogP) is 4.17. The van der Waals surface area contributed by atoms with Crippen molar-refractivity contribution in [3.8, 4) is 0 Å². The fourth-order valence-electron chi connectivity index (χ4n) is 4.37. The molecule has 1 aromatic carbocycles. The number of fused-ring (bicyclic) bond motifs is 5. The molecule has 5 heteroatoms. The highest BCUT2D eigenvalue weighted by atomic mass is 127. The minimum absolute atomic E-state index is 0.107. The quantitative estimate of drug-likeness (QED) is 0.401. The molecule has 0 radical (unpaired) electrons. The minimum Gasteiger partial charge on any atom is -0.236 e. The molecule has 0 amide bonds. The Bertz CT molecular complexity index is 553. The Morgan fingerprint density at radius 2 is 2.00 bits per heavy atom. The molecule has 0 N–H and O–H groups in total. The third-order valence-corrected chi connectivity index (χ3v) is 7.32. The maximum atomic E-state index is 6.12. The van der Waals surface area contributed by atoms with Crippen LogP contribution >= 0.6 is 22.6 Å². The van der Waals surface area contributed by atoms with Crippen molar-refractivity contribution in [1.82, 2.24) is 0 Å². The first-order valence-corrected chi connectivity index (χ1v) is 9.97. The normalized spacial score (nSPS) is 43.5. The summed E-state index contributed by atoms with van der Waals surface area (Å²) in [5.41, 5.74) is 0.262. The molecule has 2 saturated carbocycles. The van der Waals surface area contributed by atoms with Crippen molar-refractivity contribution in [3.63, 3.8) is 0 Å². The van der Waals surface area contributed by atoms with Crippen LogP contribution < -0.4 is 0 Å². The summed E-state index contributed by atoms with van der Waals surface area (Å²) >= 11 is 2.34. The zero-order valence-corrected chi connectivity index (χ0v) is 15.5. The molecule has 4 nitrogen and oxygen atoms in total. The molecule has 1 heterocycles. The molecule has 4 rings (SSSR count). The summed E-state index contributed by atoms with van der Waals surface area (Å²) in [6.45, 7) is 2.59. The van der Waals surface area contributed by atoms with Crippen LogP contribution in [0.25, 0.3) is 0 Å². The van der Waals surface area contributed by atoms with Crippen molar-refractivity contribution >= 4 is 22.6 Å². The van der Waals surface area contributed by atoms with E-state index in [0.29, 0.717) is 18.4 Å². The van der Waals surface area contributed by atoms with Crippen LogP contribution in [0, 0.1) is 11.8 Å². The van der Waals surface area contributed by atoms with E-state index >= 15 is 0 Å². The molecular weight excluding hydrogens is 407 g/mol. The van der Waals surface area contributed by atoms with Crippen LogP contribution in [-0.4, -0.2) is 22.7 Å². The molecule has 5 unspecified atom stereocenters. The van der Waals surface area contributed by atoms with Crippen LogP contribution in [0.15, 0.2) is 30.3 Å². The summed E-state index contributed by atoms with van der Waals surface area (Å²) in [6, 6.07) is 10.4. The molecule has 0 spiro atoms. The van der Waals surface area contributed by atoms with Gasteiger partial charge in [0.2, 0.25) is 0 Å².